The van der Waals surface area contributed by atoms with Crippen molar-refractivity contribution in [2.45, 2.75) is 17.6 Å². The van der Waals surface area contributed by atoms with Crippen molar-refractivity contribution in [3.05, 3.63) is 54.2 Å². The van der Waals surface area contributed by atoms with Gasteiger partial charge in [0.25, 0.3) is 0 Å². The number of carbonyl (C=O) groups excluding carboxylic acids is 2. The second-order valence-corrected chi connectivity index (χ2v) is 6.50. The molecule has 0 bridgehead atoms. The molecule has 8 heteroatoms. The molecule has 7 nitrogen and oxygen atoms in total. The molecule has 2 N–H and O–H groups in total. The van der Waals surface area contributed by atoms with E-state index in [4.69, 9.17) is 4.74 Å². The van der Waals surface area contributed by atoms with Crippen molar-refractivity contribution in [1.82, 2.24) is 20.3 Å². The average Bonchev–Trinajstić information content (AvgIpc) is 3.09. The molecule has 0 aliphatic rings. The molecule has 3 aromatic rings. The van der Waals surface area contributed by atoms with E-state index in [1.165, 1.54) is 18.9 Å². The molecule has 134 valence electrons. The Morgan fingerprint density at radius 1 is 1.23 bits per heavy atom. The predicted octanol–water partition coefficient (Wildman–Crippen LogP) is 1.95. The first-order valence-corrected chi connectivity index (χ1v) is 8.99. The van der Waals surface area contributed by atoms with Gasteiger partial charge in [0.2, 0.25) is 5.91 Å². The van der Waals surface area contributed by atoms with E-state index in [1.54, 1.807) is 6.20 Å². The van der Waals surface area contributed by atoms with Crippen LogP contribution in [-0.2, 0) is 20.7 Å². The van der Waals surface area contributed by atoms with Gasteiger partial charge in [-0.25, -0.2) is 14.8 Å². The highest BCUT2D eigenvalue weighted by Crippen LogP contribution is 2.17. The van der Waals surface area contributed by atoms with Gasteiger partial charge in [-0.1, -0.05) is 42.1 Å². The summed E-state index contributed by atoms with van der Waals surface area (Å²) in [5.74, 6) is -0.614. The molecule has 2 aromatic heterocycles. The van der Waals surface area contributed by atoms with E-state index in [0.717, 1.165) is 11.1 Å². The first-order chi connectivity index (χ1) is 12.7. The number of fused-ring (bicyclic) bond motifs is 1. The van der Waals surface area contributed by atoms with Gasteiger partial charge in [-0.2, -0.15) is 0 Å². The fourth-order valence-corrected chi connectivity index (χ4v) is 3.13. The Morgan fingerprint density at radius 3 is 2.77 bits per heavy atom. The van der Waals surface area contributed by atoms with Crippen LogP contribution in [0.2, 0.25) is 0 Å². The number of thioether (sulfide) groups is 1. The Morgan fingerprint density at radius 2 is 2.04 bits per heavy atom. The Hall–Kier alpha value is -2.87. The van der Waals surface area contributed by atoms with E-state index in [-0.39, 0.29) is 11.7 Å². The molecule has 0 fully saturated rings. The summed E-state index contributed by atoms with van der Waals surface area (Å²) in [4.78, 5) is 35.8. The topological polar surface area (TPSA) is 97.0 Å². The number of imidazole rings is 1. The van der Waals surface area contributed by atoms with Crippen LogP contribution in [0.15, 0.2) is 53.8 Å². The zero-order valence-corrected chi connectivity index (χ0v) is 15.0. The maximum absolute atomic E-state index is 12.3. The third kappa shape index (κ3) is 4.60. The maximum atomic E-state index is 12.3. The van der Waals surface area contributed by atoms with Crippen LogP contribution < -0.4 is 5.32 Å². The van der Waals surface area contributed by atoms with E-state index in [9.17, 15) is 9.59 Å². The number of ether oxygens (including phenoxy) is 1. The van der Waals surface area contributed by atoms with Gasteiger partial charge in [-0.15, -0.1) is 0 Å². The number of nitrogens with zero attached hydrogens (tertiary/aromatic N) is 2. The van der Waals surface area contributed by atoms with Crippen LogP contribution in [0.3, 0.4) is 0 Å². The monoisotopic (exact) mass is 370 g/mol. The second-order valence-electron chi connectivity index (χ2n) is 5.54. The highest BCUT2D eigenvalue weighted by atomic mass is 32.2. The van der Waals surface area contributed by atoms with Crippen molar-refractivity contribution >= 4 is 34.8 Å². The number of H-pyrrole nitrogens is 1. The number of amides is 1. The van der Waals surface area contributed by atoms with Gasteiger partial charge in [0.15, 0.2) is 10.8 Å². The Kier molecular flexibility index (Phi) is 5.85. The normalized spacial score (nSPS) is 11.9. The van der Waals surface area contributed by atoms with Gasteiger partial charge < -0.3 is 15.0 Å². The quantitative estimate of drug-likeness (QED) is 0.487. The van der Waals surface area contributed by atoms with Gasteiger partial charge in [0.1, 0.15) is 6.04 Å². The van der Waals surface area contributed by atoms with E-state index in [1.807, 2.05) is 42.5 Å². The summed E-state index contributed by atoms with van der Waals surface area (Å²) in [7, 11) is 1.31. The van der Waals surface area contributed by atoms with Crippen LogP contribution in [0.25, 0.3) is 11.2 Å². The number of aromatic amines is 1. The molecule has 0 aliphatic heterocycles. The van der Waals surface area contributed by atoms with Crippen LogP contribution in [0, 0.1) is 0 Å². The molecule has 1 aromatic carbocycles. The van der Waals surface area contributed by atoms with E-state index < -0.39 is 12.0 Å². The minimum Gasteiger partial charge on any atom is -0.467 e. The number of aromatic nitrogens is 3. The Bertz CT molecular complexity index is 865. The van der Waals surface area contributed by atoms with Crippen molar-refractivity contribution in [3.8, 4) is 0 Å². The van der Waals surface area contributed by atoms with Crippen molar-refractivity contribution in [1.29, 1.82) is 0 Å². The zero-order valence-electron chi connectivity index (χ0n) is 14.1. The fourth-order valence-electron chi connectivity index (χ4n) is 2.45. The Labute approximate surface area is 154 Å². The van der Waals surface area contributed by atoms with E-state index >= 15 is 0 Å². The number of pyridine rings is 1. The minimum absolute atomic E-state index is 0.127. The van der Waals surface area contributed by atoms with Gasteiger partial charge in [-0.3, -0.25) is 4.79 Å². The minimum atomic E-state index is -0.729. The lowest BCUT2D eigenvalue weighted by Crippen LogP contribution is -2.43. The van der Waals surface area contributed by atoms with E-state index in [2.05, 4.69) is 20.3 Å². The summed E-state index contributed by atoms with van der Waals surface area (Å²) >= 11 is 1.25. The summed E-state index contributed by atoms with van der Waals surface area (Å²) in [5, 5.41) is 3.33. The number of carbonyl (C=O) groups is 2. The van der Waals surface area contributed by atoms with Crippen LogP contribution in [0.5, 0.6) is 0 Å². The van der Waals surface area contributed by atoms with Crippen LogP contribution in [0.1, 0.15) is 5.56 Å². The summed E-state index contributed by atoms with van der Waals surface area (Å²) < 4.78 is 4.80. The number of nitrogens with one attached hydrogen (secondary N) is 2. The number of hydrogen-bond acceptors (Lipinski definition) is 6. The third-order valence-electron chi connectivity index (χ3n) is 3.68. The molecule has 0 spiro atoms. The first-order valence-electron chi connectivity index (χ1n) is 8.00. The van der Waals surface area contributed by atoms with Gasteiger partial charge in [-0.05, 0) is 17.7 Å². The van der Waals surface area contributed by atoms with Gasteiger partial charge in [0, 0.05) is 12.6 Å². The lowest BCUT2D eigenvalue weighted by atomic mass is 10.1. The molecular formula is C18H18N4O3S. The fraction of sp³-hybridized carbons (Fsp3) is 0.222. The maximum Gasteiger partial charge on any atom is 0.328 e. The second kappa shape index (κ2) is 8.48. The molecule has 0 aliphatic carbocycles. The predicted molar refractivity (Wildman–Crippen MR) is 98.7 cm³/mol. The van der Waals surface area contributed by atoms with Gasteiger partial charge in [0.05, 0.1) is 18.4 Å². The van der Waals surface area contributed by atoms with Crippen molar-refractivity contribution in [2.24, 2.45) is 0 Å². The van der Waals surface area contributed by atoms with Crippen molar-refractivity contribution in [2.75, 3.05) is 12.9 Å². The van der Waals surface area contributed by atoms with Crippen LogP contribution >= 0.6 is 11.8 Å². The largest absolute Gasteiger partial charge is 0.467 e. The first kappa shape index (κ1) is 17.9. The van der Waals surface area contributed by atoms with E-state index in [0.29, 0.717) is 17.2 Å². The molecule has 0 saturated heterocycles. The highest BCUT2D eigenvalue weighted by Gasteiger charge is 2.22. The zero-order chi connectivity index (χ0) is 18.4. The molecule has 1 atom stereocenters. The Balaban J connectivity index is 1.59. The standard InChI is InChI=1S/C18H18N4O3S/c1-25-17(24)14(10-12-6-3-2-4-7-12)20-15(23)11-26-18-21-13-8-5-9-19-16(13)22-18/h2-9,14H,10-11H2,1H3,(H,20,23)(H,19,21,22). The number of benzene rings is 1. The molecule has 0 radical (unpaired) electrons. The lowest BCUT2D eigenvalue weighted by Gasteiger charge is -2.16. The average molecular weight is 370 g/mol. The number of rotatable bonds is 7. The molecule has 1 amide bonds. The number of esters is 1. The lowest BCUT2D eigenvalue weighted by molar-refractivity contribution is -0.144. The molecule has 1 unspecified atom stereocenters. The summed E-state index contributed by atoms with van der Waals surface area (Å²) in [6, 6.07) is 12.4. The van der Waals surface area contributed by atoms with Crippen molar-refractivity contribution in [3.63, 3.8) is 0 Å². The third-order valence-corrected chi connectivity index (χ3v) is 4.55. The number of methoxy groups -OCH3 is 1. The van der Waals surface area contributed by atoms with Crippen LogP contribution in [-0.4, -0.2) is 45.7 Å². The highest BCUT2D eigenvalue weighted by molar-refractivity contribution is 7.99. The summed E-state index contributed by atoms with van der Waals surface area (Å²) in [6.07, 6.45) is 2.04. The summed E-state index contributed by atoms with van der Waals surface area (Å²) in [5.41, 5.74) is 2.36. The molecular weight excluding hydrogens is 352 g/mol. The SMILES string of the molecule is COC(=O)C(Cc1ccccc1)NC(=O)CSc1nc2ncccc2[nH]1. The van der Waals surface area contributed by atoms with Crippen molar-refractivity contribution < 1.29 is 14.3 Å². The van der Waals surface area contributed by atoms with Gasteiger partial charge >= 0.3 is 5.97 Å². The molecule has 26 heavy (non-hydrogen) atoms. The molecule has 2 heterocycles. The van der Waals surface area contributed by atoms with Crippen LogP contribution in [0.4, 0.5) is 0 Å². The molecule has 3 rings (SSSR count). The number of hydrogen-bond donors (Lipinski definition) is 2. The summed E-state index contributed by atoms with van der Waals surface area (Å²) in [6.45, 7) is 0. The smallest absolute Gasteiger partial charge is 0.328 e. The molecule has 0 saturated carbocycles.